The first-order valence-corrected chi connectivity index (χ1v) is 37.6. The highest BCUT2D eigenvalue weighted by Gasteiger charge is 2.45. The van der Waals surface area contributed by atoms with Gasteiger partial charge in [0.15, 0.2) is 5.82 Å². The first-order valence-electron chi connectivity index (χ1n) is 35.4. The molecular weight excluding hydrogens is 1450 g/mol. The van der Waals surface area contributed by atoms with Crippen molar-refractivity contribution >= 4 is 145 Å². The van der Waals surface area contributed by atoms with Crippen molar-refractivity contribution < 1.29 is 0 Å². The number of halogens is 2. The lowest BCUT2D eigenvalue weighted by molar-refractivity contribution is 0.795. The number of rotatable bonds is 15. The molecular formula is C94H69BI2N4. The van der Waals surface area contributed by atoms with Crippen LogP contribution in [-0.4, -0.2) is 16.7 Å². The lowest BCUT2D eigenvalue weighted by Crippen LogP contribution is -2.61. The Morgan fingerprint density at radius 2 is 0.634 bits per heavy atom. The molecule has 2 aliphatic rings. The first kappa shape index (κ1) is 62.8. The summed E-state index contributed by atoms with van der Waals surface area (Å²) in [7, 11) is 0. The van der Waals surface area contributed by atoms with E-state index in [-0.39, 0.29) is 6.71 Å². The van der Waals surface area contributed by atoms with Crippen LogP contribution < -0.4 is 26.2 Å². The summed E-state index contributed by atoms with van der Waals surface area (Å²) < 4.78 is 2.39. The van der Waals surface area contributed by atoms with E-state index in [0.717, 1.165) is 145 Å². The molecule has 0 N–H and O–H groups in total. The van der Waals surface area contributed by atoms with Gasteiger partial charge in [0.05, 0.1) is 11.4 Å². The van der Waals surface area contributed by atoms with Crippen molar-refractivity contribution in [1.29, 1.82) is 0 Å². The predicted molar refractivity (Wildman–Crippen MR) is 447 cm³/mol. The van der Waals surface area contributed by atoms with Gasteiger partial charge in [-0.15, -0.1) is 0 Å². The molecule has 16 aromatic rings. The summed E-state index contributed by atoms with van der Waals surface area (Å²) in [6.07, 6.45) is 6.46. The summed E-state index contributed by atoms with van der Waals surface area (Å²) in [5.74, 6) is 0.661. The van der Waals surface area contributed by atoms with Gasteiger partial charge in [-0.2, -0.15) is 0 Å². The third kappa shape index (κ3) is 12.0. The van der Waals surface area contributed by atoms with Crippen LogP contribution in [0.3, 0.4) is 0 Å². The highest BCUT2D eigenvalue weighted by molar-refractivity contribution is 14.1. The van der Waals surface area contributed by atoms with Crippen molar-refractivity contribution in [1.82, 2.24) is 9.97 Å². The molecule has 0 spiro atoms. The third-order valence-corrected chi connectivity index (χ3v) is 21.9. The number of anilines is 6. The van der Waals surface area contributed by atoms with Crippen molar-refractivity contribution in [2.24, 2.45) is 0 Å². The molecule has 0 aliphatic carbocycles. The molecule has 0 saturated heterocycles. The fourth-order valence-corrected chi connectivity index (χ4v) is 17.2. The van der Waals surface area contributed by atoms with E-state index in [0.29, 0.717) is 5.82 Å². The second kappa shape index (κ2) is 26.6. The van der Waals surface area contributed by atoms with Gasteiger partial charge in [-0.05, 0) is 313 Å². The summed E-state index contributed by atoms with van der Waals surface area (Å²) in [6, 6.07) is 117. The zero-order valence-electron chi connectivity index (χ0n) is 56.3. The fourth-order valence-electron chi connectivity index (χ4n) is 15.7. The Kier molecular flexibility index (Phi) is 16.5. The van der Waals surface area contributed by atoms with Crippen LogP contribution in [0.2, 0.25) is 0 Å². The van der Waals surface area contributed by atoms with Crippen molar-refractivity contribution in [3.63, 3.8) is 0 Å². The van der Waals surface area contributed by atoms with E-state index in [1.54, 1.807) is 0 Å². The SMILES string of the molecule is CCCCc1cc(I)cc(-c2cc(-c3cc(I)cc(CCCC)c3)nc(-c3cc4c5c(c3)N(c3cc(-c6ccccc6)cc(-c6ccccc6)c3)c3cc6cc7ccccc7cc6cc3B5c3cc5cc6ccccc6cc5cc3N4c3cc(-c4ccccc4)cc(-c4ccccc4)c3)n2)c1. The van der Waals surface area contributed by atoms with Crippen molar-refractivity contribution in [2.45, 2.75) is 52.4 Å². The molecule has 0 unspecified atom stereocenters. The molecule has 1 aromatic heterocycles. The van der Waals surface area contributed by atoms with Crippen molar-refractivity contribution in [3.05, 3.63) is 328 Å². The number of fused-ring (bicyclic) bond motifs is 8. The van der Waals surface area contributed by atoms with E-state index in [1.165, 1.54) is 77.7 Å². The summed E-state index contributed by atoms with van der Waals surface area (Å²) in [5.41, 5.74) is 26.8. The quantitative estimate of drug-likeness (QED) is 0.0582. The van der Waals surface area contributed by atoms with Crippen LogP contribution in [0.4, 0.5) is 34.1 Å². The number of unbranched alkanes of at least 4 members (excludes halogenated alkanes) is 2. The summed E-state index contributed by atoms with van der Waals surface area (Å²) in [5, 5.41) is 9.60. The van der Waals surface area contributed by atoms with Crippen LogP contribution in [0.25, 0.3) is 122 Å². The minimum Gasteiger partial charge on any atom is -0.311 e. The molecule has 2 aliphatic heterocycles. The zero-order chi connectivity index (χ0) is 67.7. The monoisotopic (exact) mass is 1520 g/mol. The van der Waals surface area contributed by atoms with Crippen LogP contribution in [0, 0.1) is 7.14 Å². The first-order chi connectivity index (χ1) is 49.7. The van der Waals surface area contributed by atoms with Gasteiger partial charge in [0.1, 0.15) is 0 Å². The second-order valence-corrected chi connectivity index (χ2v) is 29.8. The Morgan fingerprint density at radius 1 is 0.287 bits per heavy atom. The minimum atomic E-state index is -0.237. The Bertz CT molecular complexity index is 5450. The average Bonchev–Trinajstić information content (AvgIpc) is 0.689. The number of nitrogens with zero attached hydrogens (tertiary/aromatic N) is 4. The molecule has 0 radical (unpaired) electrons. The van der Waals surface area contributed by atoms with Gasteiger partial charge < -0.3 is 9.80 Å². The molecule has 0 atom stereocenters. The van der Waals surface area contributed by atoms with Crippen LogP contribution in [-0.2, 0) is 12.8 Å². The average molecular weight is 1520 g/mol. The number of aryl methyl sites for hydroxylation is 2. The van der Waals surface area contributed by atoms with Gasteiger partial charge in [-0.25, -0.2) is 9.97 Å². The largest absolute Gasteiger partial charge is 0.311 e. The lowest BCUT2D eigenvalue weighted by Gasteiger charge is -2.45. The van der Waals surface area contributed by atoms with Crippen LogP contribution in [0.5, 0.6) is 0 Å². The normalized spacial score (nSPS) is 12.3. The molecule has 3 heterocycles. The Morgan fingerprint density at radius 3 is 0.990 bits per heavy atom. The van der Waals surface area contributed by atoms with Gasteiger partial charge in [0, 0.05) is 58.0 Å². The zero-order valence-corrected chi connectivity index (χ0v) is 60.6. The maximum atomic E-state index is 5.90. The molecule has 15 aromatic carbocycles. The van der Waals surface area contributed by atoms with Gasteiger partial charge in [-0.1, -0.05) is 209 Å². The van der Waals surface area contributed by atoms with Crippen LogP contribution in [0.15, 0.2) is 309 Å². The van der Waals surface area contributed by atoms with Crippen LogP contribution >= 0.6 is 45.2 Å². The van der Waals surface area contributed by atoms with E-state index in [2.05, 4.69) is 378 Å². The maximum Gasteiger partial charge on any atom is 0.252 e. The summed E-state index contributed by atoms with van der Waals surface area (Å²) in [4.78, 5) is 17.0. The molecule has 101 heavy (non-hydrogen) atoms. The highest BCUT2D eigenvalue weighted by Crippen LogP contribution is 2.50. The van der Waals surface area contributed by atoms with Crippen molar-refractivity contribution in [2.75, 3.05) is 9.80 Å². The molecule has 0 amide bonds. The molecule has 0 fully saturated rings. The standard InChI is InChI=1S/C94H69BI2N4/c1-3-5-23-60-37-78(47-81(96)39-60)87-59-88(79-38-61(24-6-4-2)40-82(97)48-79)99-94(98-87)80-57-91-93-92(58-80)101(84-51-72(64-29-15-9-16-30-64)46-73(52-84)65-31-17-10-18-32-65)90-56-77-44-69-36-22-20-34-67(69)42-75(77)54-86(90)95(93)85-53-74-41-66-33-19-21-35-68(66)43-76(74)55-89(85)100(91)83-49-70(62-25-11-7-12-26-62)45-71(50-83)63-27-13-8-14-28-63/h7-22,25-59H,3-6,23-24H2,1-2H3. The smallest absolute Gasteiger partial charge is 0.252 e. The van der Waals surface area contributed by atoms with Crippen LogP contribution in [0.1, 0.15) is 50.7 Å². The summed E-state index contributed by atoms with van der Waals surface area (Å²) in [6.45, 7) is 4.32. The molecule has 7 heteroatoms. The fraction of sp³-hybridized carbons (Fsp3) is 0.0851. The van der Waals surface area contributed by atoms with Gasteiger partial charge in [-0.3, -0.25) is 0 Å². The van der Waals surface area contributed by atoms with Gasteiger partial charge in [0.2, 0.25) is 0 Å². The number of aromatic nitrogens is 2. The van der Waals surface area contributed by atoms with E-state index in [4.69, 9.17) is 9.97 Å². The number of hydrogen-bond acceptors (Lipinski definition) is 4. The van der Waals surface area contributed by atoms with Gasteiger partial charge >= 0.3 is 0 Å². The lowest BCUT2D eigenvalue weighted by atomic mass is 9.33. The number of hydrogen-bond donors (Lipinski definition) is 0. The van der Waals surface area contributed by atoms with E-state index < -0.39 is 0 Å². The third-order valence-electron chi connectivity index (χ3n) is 20.6. The number of benzene rings is 15. The Balaban J connectivity index is 1.00. The van der Waals surface area contributed by atoms with Crippen molar-refractivity contribution in [3.8, 4) is 78.4 Å². The van der Waals surface area contributed by atoms with Gasteiger partial charge in [0.25, 0.3) is 6.71 Å². The van der Waals surface area contributed by atoms with E-state index in [9.17, 15) is 0 Å². The minimum absolute atomic E-state index is 0.237. The molecule has 4 nitrogen and oxygen atoms in total. The molecule has 0 bridgehead atoms. The molecule has 0 saturated carbocycles. The predicted octanol–water partition coefficient (Wildman–Crippen LogP) is 24.7. The Hall–Kier alpha value is -10.5. The highest BCUT2D eigenvalue weighted by atomic mass is 127. The molecule has 482 valence electrons. The topological polar surface area (TPSA) is 32.3 Å². The molecule has 18 rings (SSSR count). The maximum absolute atomic E-state index is 5.90. The summed E-state index contributed by atoms with van der Waals surface area (Å²) >= 11 is 5.03. The van der Waals surface area contributed by atoms with E-state index >= 15 is 0 Å². The van der Waals surface area contributed by atoms with E-state index in [1.807, 2.05) is 0 Å². The second-order valence-electron chi connectivity index (χ2n) is 27.3. The Labute approximate surface area is 618 Å².